The van der Waals surface area contributed by atoms with Crippen LogP contribution >= 0.6 is 0 Å². The van der Waals surface area contributed by atoms with Crippen molar-refractivity contribution in [1.29, 1.82) is 0 Å². The van der Waals surface area contributed by atoms with Crippen molar-refractivity contribution in [1.82, 2.24) is 4.90 Å². The van der Waals surface area contributed by atoms with E-state index in [0.29, 0.717) is 11.1 Å². The zero-order valence-electron chi connectivity index (χ0n) is 15.1. The molecule has 2 aromatic carbocycles. The molecule has 3 rings (SSSR count). The topological polar surface area (TPSA) is 32.8 Å². The number of nitrogens with zero attached hydrogens (tertiary/aromatic N) is 2. The molecule has 0 bridgehead atoms. The van der Waals surface area contributed by atoms with Gasteiger partial charge in [0, 0.05) is 37.4 Å². The molecular formula is C21H23FN2O2. The van der Waals surface area contributed by atoms with E-state index in [1.165, 1.54) is 19.3 Å². The largest absolute Gasteiger partial charge is 0.494 e. The van der Waals surface area contributed by atoms with Crippen LogP contribution in [0.25, 0.3) is 6.08 Å². The molecule has 136 valence electrons. The van der Waals surface area contributed by atoms with E-state index in [0.717, 1.165) is 31.9 Å². The summed E-state index contributed by atoms with van der Waals surface area (Å²) in [4.78, 5) is 17.0. The summed E-state index contributed by atoms with van der Waals surface area (Å²) in [7, 11) is 3.54. The molecule has 1 aliphatic rings. The van der Waals surface area contributed by atoms with Crippen molar-refractivity contribution >= 4 is 17.5 Å². The van der Waals surface area contributed by atoms with Gasteiger partial charge in [0.1, 0.15) is 0 Å². The quantitative estimate of drug-likeness (QED) is 0.608. The lowest BCUT2D eigenvalue weighted by atomic mass is 10.1. The Balaban J connectivity index is 1.66. The lowest BCUT2D eigenvalue weighted by Gasteiger charge is -2.34. The minimum absolute atomic E-state index is 0.0850. The number of piperazine rings is 1. The normalized spacial score (nSPS) is 15.4. The number of likely N-dealkylation sites (N-methyl/N-ethyl adjacent to an activating group) is 1. The summed E-state index contributed by atoms with van der Waals surface area (Å²) < 4.78 is 18.4. The zero-order valence-corrected chi connectivity index (χ0v) is 15.1. The first-order valence-corrected chi connectivity index (χ1v) is 8.66. The Bertz CT molecular complexity index is 794. The van der Waals surface area contributed by atoms with Crippen LogP contribution in [0.15, 0.2) is 48.5 Å². The molecule has 0 aromatic heterocycles. The first-order valence-electron chi connectivity index (χ1n) is 8.66. The summed E-state index contributed by atoms with van der Waals surface area (Å²) in [6.45, 7) is 4.08. The first-order chi connectivity index (χ1) is 12.6. The Morgan fingerprint density at radius 3 is 2.42 bits per heavy atom. The lowest BCUT2D eigenvalue weighted by molar-refractivity contribution is 0.104. The van der Waals surface area contributed by atoms with Gasteiger partial charge in [0.2, 0.25) is 0 Å². The second-order valence-corrected chi connectivity index (χ2v) is 6.43. The van der Waals surface area contributed by atoms with Crippen LogP contribution in [-0.4, -0.2) is 51.0 Å². The number of methoxy groups -OCH3 is 1. The van der Waals surface area contributed by atoms with Crippen LogP contribution in [0.5, 0.6) is 5.75 Å². The van der Waals surface area contributed by atoms with Gasteiger partial charge in [-0.15, -0.1) is 0 Å². The van der Waals surface area contributed by atoms with E-state index < -0.39 is 5.82 Å². The number of carbonyl (C=O) groups excluding carboxylic acids is 1. The molecule has 1 aliphatic heterocycles. The van der Waals surface area contributed by atoms with Gasteiger partial charge in [-0.2, -0.15) is 0 Å². The third kappa shape index (κ3) is 4.29. The first kappa shape index (κ1) is 18.1. The SMILES string of the molecule is COc1cc(/C=C/C(=O)c2ccc(N3CCN(C)CC3)cc2)ccc1F. The van der Waals surface area contributed by atoms with Gasteiger partial charge >= 0.3 is 0 Å². The van der Waals surface area contributed by atoms with E-state index in [1.807, 2.05) is 24.3 Å². The number of ether oxygens (including phenoxy) is 1. The molecule has 4 nitrogen and oxygen atoms in total. The van der Waals surface area contributed by atoms with Crippen molar-refractivity contribution in [3.8, 4) is 5.75 Å². The lowest BCUT2D eigenvalue weighted by Crippen LogP contribution is -2.44. The van der Waals surface area contributed by atoms with E-state index in [9.17, 15) is 9.18 Å². The van der Waals surface area contributed by atoms with Crippen LogP contribution in [0.2, 0.25) is 0 Å². The number of hydrogen-bond acceptors (Lipinski definition) is 4. The second kappa shape index (κ2) is 8.15. The Hall–Kier alpha value is -2.66. The molecular weight excluding hydrogens is 331 g/mol. The molecule has 2 aromatic rings. The number of rotatable bonds is 5. The highest BCUT2D eigenvalue weighted by Crippen LogP contribution is 2.20. The predicted octanol–water partition coefficient (Wildman–Crippen LogP) is 3.48. The van der Waals surface area contributed by atoms with Crippen LogP contribution in [0.1, 0.15) is 15.9 Å². The maximum Gasteiger partial charge on any atom is 0.185 e. The smallest absolute Gasteiger partial charge is 0.185 e. The minimum Gasteiger partial charge on any atom is -0.494 e. The fourth-order valence-electron chi connectivity index (χ4n) is 2.95. The monoisotopic (exact) mass is 354 g/mol. The molecule has 0 radical (unpaired) electrons. The third-order valence-corrected chi connectivity index (χ3v) is 4.62. The Kier molecular flexibility index (Phi) is 5.68. The predicted molar refractivity (Wildman–Crippen MR) is 102 cm³/mol. The summed E-state index contributed by atoms with van der Waals surface area (Å²) in [6, 6.07) is 12.2. The standard InChI is InChI=1S/C21H23FN2O2/c1-23-11-13-24(14-12-23)18-7-5-17(6-8-18)20(25)10-4-16-3-9-19(22)21(15-16)26-2/h3-10,15H,11-14H2,1-2H3/b10-4+. The summed E-state index contributed by atoms with van der Waals surface area (Å²) in [5.74, 6) is -0.343. The van der Waals surface area contributed by atoms with Gasteiger partial charge in [0.25, 0.3) is 0 Å². The maximum absolute atomic E-state index is 13.4. The van der Waals surface area contributed by atoms with Gasteiger partial charge < -0.3 is 14.5 Å². The van der Waals surface area contributed by atoms with Crippen LogP contribution < -0.4 is 9.64 Å². The molecule has 5 heteroatoms. The van der Waals surface area contributed by atoms with Gasteiger partial charge in [-0.05, 0) is 55.1 Å². The molecule has 0 aliphatic carbocycles. The van der Waals surface area contributed by atoms with E-state index in [4.69, 9.17) is 4.74 Å². The van der Waals surface area contributed by atoms with E-state index in [1.54, 1.807) is 18.2 Å². The van der Waals surface area contributed by atoms with E-state index >= 15 is 0 Å². The zero-order chi connectivity index (χ0) is 18.5. The van der Waals surface area contributed by atoms with Crippen LogP contribution in [0, 0.1) is 5.82 Å². The van der Waals surface area contributed by atoms with Crippen LogP contribution in [0.4, 0.5) is 10.1 Å². The van der Waals surface area contributed by atoms with E-state index in [-0.39, 0.29) is 11.5 Å². The average Bonchev–Trinajstić information content (AvgIpc) is 2.68. The Labute approximate surface area is 153 Å². The highest BCUT2D eigenvalue weighted by molar-refractivity contribution is 6.07. The molecule has 0 spiro atoms. The number of halogens is 1. The molecule has 1 fully saturated rings. The third-order valence-electron chi connectivity index (χ3n) is 4.62. The summed E-state index contributed by atoms with van der Waals surface area (Å²) in [5.41, 5.74) is 2.49. The van der Waals surface area contributed by atoms with Crippen LogP contribution in [0.3, 0.4) is 0 Å². The van der Waals surface area contributed by atoms with E-state index in [2.05, 4.69) is 16.8 Å². The van der Waals surface area contributed by atoms with Gasteiger partial charge in [-0.25, -0.2) is 4.39 Å². The molecule has 0 saturated carbocycles. The van der Waals surface area contributed by atoms with Gasteiger partial charge in [-0.3, -0.25) is 4.79 Å². The van der Waals surface area contributed by atoms with Crippen molar-refractivity contribution < 1.29 is 13.9 Å². The summed E-state index contributed by atoms with van der Waals surface area (Å²) in [6.07, 6.45) is 3.16. The number of carbonyl (C=O) groups is 1. The van der Waals surface area contributed by atoms with Crippen molar-refractivity contribution in [2.24, 2.45) is 0 Å². The van der Waals surface area contributed by atoms with Crippen molar-refractivity contribution in [3.63, 3.8) is 0 Å². The van der Waals surface area contributed by atoms with Crippen molar-refractivity contribution in [3.05, 3.63) is 65.5 Å². The fraction of sp³-hybridized carbons (Fsp3) is 0.286. The summed E-state index contributed by atoms with van der Waals surface area (Å²) in [5, 5.41) is 0. The number of anilines is 1. The molecule has 0 atom stereocenters. The van der Waals surface area contributed by atoms with Crippen molar-refractivity contribution in [2.45, 2.75) is 0 Å². The highest BCUT2D eigenvalue weighted by Gasteiger charge is 2.14. The number of benzene rings is 2. The highest BCUT2D eigenvalue weighted by atomic mass is 19.1. The van der Waals surface area contributed by atoms with Crippen molar-refractivity contribution in [2.75, 3.05) is 45.2 Å². The molecule has 26 heavy (non-hydrogen) atoms. The molecule has 0 unspecified atom stereocenters. The fourth-order valence-corrected chi connectivity index (χ4v) is 2.95. The maximum atomic E-state index is 13.4. The molecule has 0 N–H and O–H groups in total. The molecule has 1 heterocycles. The minimum atomic E-state index is -0.421. The Morgan fingerprint density at radius 1 is 1.08 bits per heavy atom. The average molecular weight is 354 g/mol. The molecule has 0 amide bonds. The number of hydrogen-bond donors (Lipinski definition) is 0. The number of ketones is 1. The second-order valence-electron chi connectivity index (χ2n) is 6.43. The summed E-state index contributed by atoms with van der Waals surface area (Å²) >= 11 is 0. The van der Waals surface area contributed by atoms with Crippen LogP contribution in [-0.2, 0) is 0 Å². The molecule has 1 saturated heterocycles. The Morgan fingerprint density at radius 2 is 1.77 bits per heavy atom. The van der Waals surface area contributed by atoms with Gasteiger partial charge in [0.05, 0.1) is 7.11 Å². The van der Waals surface area contributed by atoms with Gasteiger partial charge in [-0.1, -0.05) is 12.1 Å². The number of allylic oxidation sites excluding steroid dienone is 1. The van der Waals surface area contributed by atoms with Gasteiger partial charge in [0.15, 0.2) is 17.3 Å².